The third kappa shape index (κ3) is 3.67. The normalized spacial score (nSPS) is 21.0. The largest absolute Gasteiger partial charge is 0.466 e. The van der Waals surface area contributed by atoms with Gasteiger partial charge in [-0.1, -0.05) is 12.1 Å². The highest BCUT2D eigenvalue weighted by Crippen LogP contribution is 2.43. The van der Waals surface area contributed by atoms with Crippen LogP contribution in [0.3, 0.4) is 0 Å². The van der Waals surface area contributed by atoms with Crippen molar-refractivity contribution in [3.05, 3.63) is 41.0 Å². The van der Waals surface area contributed by atoms with Crippen LogP contribution in [0, 0.1) is 11.3 Å². The van der Waals surface area contributed by atoms with E-state index in [9.17, 15) is 14.9 Å². The average Bonchev–Trinajstić information content (AvgIpc) is 3.01. The molecule has 3 rings (SSSR count). The molecule has 0 radical (unpaired) electrons. The van der Waals surface area contributed by atoms with Crippen molar-refractivity contribution in [2.75, 3.05) is 27.4 Å². The van der Waals surface area contributed by atoms with Gasteiger partial charge in [-0.25, -0.2) is 9.59 Å². The number of esters is 1. The fourth-order valence-electron chi connectivity index (χ4n) is 3.99. The van der Waals surface area contributed by atoms with Crippen LogP contribution >= 0.6 is 0 Å². The molecule has 2 bridgehead atoms. The first kappa shape index (κ1) is 18.9. The molecule has 7 heteroatoms. The summed E-state index contributed by atoms with van der Waals surface area (Å²) in [5, 5.41) is 12.0. The first-order chi connectivity index (χ1) is 13.1. The van der Waals surface area contributed by atoms with Crippen LogP contribution in [0.1, 0.15) is 30.4 Å². The first-order valence-corrected chi connectivity index (χ1v) is 8.97. The van der Waals surface area contributed by atoms with Gasteiger partial charge in [0.05, 0.1) is 37.0 Å². The molecule has 7 nitrogen and oxygen atoms in total. The molecular weight excluding hydrogens is 346 g/mol. The van der Waals surface area contributed by atoms with E-state index in [-0.39, 0.29) is 18.1 Å². The molecule has 0 spiro atoms. The van der Waals surface area contributed by atoms with E-state index >= 15 is 0 Å². The zero-order chi connectivity index (χ0) is 19.4. The van der Waals surface area contributed by atoms with Gasteiger partial charge in [-0.2, -0.15) is 5.26 Å². The molecule has 2 aliphatic heterocycles. The van der Waals surface area contributed by atoms with Gasteiger partial charge in [0.2, 0.25) is 0 Å². The Kier molecular flexibility index (Phi) is 5.77. The minimum Gasteiger partial charge on any atom is -0.466 e. The maximum atomic E-state index is 12.7. The van der Waals surface area contributed by atoms with Crippen molar-refractivity contribution in [1.82, 2.24) is 10.2 Å². The fourth-order valence-corrected chi connectivity index (χ4v) is 3.99. The quantitative estimate of drug-likeness (QED) is 0.634. The summed E-state index contributed by atoms with van der Waals surface area (Å²) in [4.78, 5) is 27.0. The fraction of sp³-hybridized carbons (Fsp3) is 0.450. The molecule has 2 atom stereocenters. The molecule has 1 N–H and O–H groups in total. The van der Waals surface area contributed by atoms with Crippen molar-refractivity contribution >= 4 is 17.6 Å². The zero-order valence-electron chi connectivity index (χ0n) is 15.5. The van der Waals surface area contributed by atoms with E-state index in [1.165, 1.54) is 7.11 Å². The van der Waals surface area contributed by atoms with Crippen molar-refractivity contribution in [3.8, 4) is 6.07 Å². The van der Waals surface area contributed by atoms with Gasteiger partial charge >= 0.3 is 12.0 Å². The average molecular weight is 369 g/mol. The van der Waals surface area contributed by atoms with Crippen LogP contribution in [0.15, 0.2) is 29.8 Å². The molecule has 2 aliphatic rings. The number of rotatable bonds is 5. The number of methoxy groups -OCH3 is 2. The summed E-state index contributed by atoms with van der Waals surface area (Å²) >= 11 is 0. The number of carbonyl (C=O) groups is 2. The zero-order valence-corrected chi connectivity index (χ0v) is 15.5. The van der Waals surface area contributed by atoms with Crippen molar-refractivity contribution in [2.45, 2.75) is 31.3 Å². The second kappa shape index (κ2) is 8.23. The van der Waals surface area contributed by atoms with E-state index < -0.39 is 5.97 Å². The Morgan fingerprint density at radius 3 is 2.85 bits per heavy atom. The molecule has 0 aromatic heterocycles. The molecule has 27 heavy (non-hydrogen) atoms. The molecule has 142 valence electrons. The molecule has 0 aliphatic carbocycles. The summed E-state index contributed by atoms with van der Waals surface area (Å²) in [7, 11) is 2.93. The van der Waals surface area contributed by atoms with E-state index in [2.05, 4.69) is 11.4 Å². The second-order valence-corrected chi connectivity index (χ2v) is 6.66. The second-order valence-electron chi connectivity index (χ2n) is 6.66. The molecule has 0 unspecified atom stereocenters. The molecular formula is C20H23N3O4. The van der Waals surface area contributed by atoms with Crippen LogP contribution in [-0.2, 0) is 14.3 Å². The lowest BCUT2D eigenvalue weighted by atomic mass is 9.88. The highest BCUT2D eigenvalue weighted by molar-refractivity contribution is 6.01. The first-order valence-electron chi connectivity index (χ1n) is 8.97. The number of nitriles is 1. The predicted molar refractivity (Wildman–Crippen MR) is 98.6 cm³/mol. The summed E-state index contributed by atoms with van der Waals surface area (Å²) in [6, 6.07) is 8.86. The van der Waals surface area contributed by atoms with Crippen LogP contribution in [0.5, 0.6) is 0 Å². The molecule has 2 amide bonds. The van der Waals surface area contributed by atoms with Gasteiger partial charge in [-0.3, -0.25) is 0 Å². The molecule has 1 aromatic rings. The highest BCUT2D eigenvalue weighted by Gasteiger charge is 2.46. The van der Waals surface area contributed by atoms with Crippen LogP contribution in [0.4, 0.5) is 4.79 Å². The Labute approximate surface area is 158 Å². The topological polar surface area (TPSA) is 91.7 Å². The van der Waals surface area contributed by atoms with Crippen LogP contribution in [-0.4, -0.2) is 56.4 Å². The summed E-state index contributed by atoms with van der Waals surface area (Å²) in [5.74, 6) is -0.424. The monoisotopic (exact) mass is 369 g/mol. The summed E-state index contributed by atoms with van der Waals surface area (Å²) in [5.41, 5.74) is 2.76. The van der Waals surface area contributed by atoms with Crippen molar-refractivity contribution in [3.63, 3.8) is 0 Å². The highest BCUT2D eigenvalue weighted by atomic mass is 16.5. The van der Waals surface area contributed by atoms with Crippen molar-refractivity contribution in [2.24, 2.45) is 0 Å². The van der Waals surface area contributed by atoms with Crippen LogP contribution < -0.4 is 5.32 Å². The van der Waals surface area contributed by atoms with Gasteiger partial charge < -0.3 is 19.7 Å². The Hall–Kier alpha value is -2.85. The summed E-state index contributed by atoms with van der Waals surface area (Å²) in [6.45, 7) is 0.848. The van der Waals surface area contributed by atoms with Gasteiger partial charge in [0.1, 0.15) is 0 Å². The van der Waals surface area contributed by atoms with E-state index in [0.717, 1.165) is 17.6 Å². The number of nitrogens with one attached hydrogen (secondary N) is 1. The predicted octanol–water partition coefficient (Wildman–Crippen LogP) is 2.08. The van der Waals surface area contributed by atoms with Crippen LogP contribution in [0.2, 0.25) is 0 Å². The number of amides is 2. The maximum absolute atomic E-state index is 12.7. The number of hydrogen-bond donors (Lipinski definition) is 1. The standard InChI is InChI=1S/C20H23N3O4/c1-26-9-8-22-20(25)23-15-6-7-17(23)18(19(24)27-2)16(11-15)14-5-3-4-13(10-14)12-21/h3-5,10,15,17H,6-9,11H2,1-2H3,(H,22,25)/t15-,17+/m0/s1. The number of benzene rings is 1. The lowest BCUT2D eigenvalue weighted by molar-refractivity contribution is -0.136. The smallest absolute Gasteiger partial charge is 0.336 e. The van der Waals surface area contributed by atoms with Gasteiger partial charge in [0.15, 0.2) is 0 Å². The van der Waals surface area contributed by atoms with E-state index in [4.69, 9.17) is 9.47 Å². The number of urea groups is 1. The van der Waals surface area contributed by atoms with Crippen molar-refractivity contribution < 1.29 is 19.1 Å². The lowest BCUT2D eigenvalue weighted by Crippen LogP contribution is -2.51. The molecule has 1 fully saturated rings. The number of nitrogens with zero attached hydrogens (tertiary/aromatic N) is 2. The van der Waals surface area contributed by atoms with E-state index in [1.54, 1.807) is 24.1 Å². The third-order valence-electron chi connectivity index (χ3n) is 5.16. The number of carbonyl (C=O) groups excluding carboxylic acids is 2. The third-order valence-corrected chi connectivity index (χ3v) is 5.16. The number of hydrogen-bond acceptors (Lipinski definition) is 5. The summed E-state index contributed by atoms with van der Waals surface area (Å²) < 4.78 is 10.0. The SMILES string of the molecule is COCCNC(=O)N1[C@H]2CC[C@@H]1C(C(=O)OC)=C(c1cccc(C#N)c1)C2. The van der Waals surface area contributed by atoms with Crippen LogP contribution in [0.25, 0.3) is 5.57 Å². The minimum atomic E-state index is -0.424. The van der Waals surface area contributed by atoms with Gasteiger partial charge in [-0.05, 0) is 42.5 Å². The molecule has 2 heterocycles. The Morgan fingerprint density at radius 1 is 1.33 bits per heavy atom. The number of ether oxygens (including phenoxy) is 2. The minimum absolute atomic E-state index is 0.0201. The Bertz CT molecular complexity index is 812. The van der Waals surface area contributed by atoms with Gasteiger partial charge in [0.25, 0.3) is 0 Å². The van der Waals surface area contributed by atoms with E-state index in [0.29, 0.717) is 37.1 Å². The lowest BCUT2D eigenvalue weighted by Gasteiger charge is -2.37. The molecule has 1 aromatic carbocycles. The van der Waals surface area contributed by atoms with Crippen molar-refractivity contribution in [1.29, 1.82) is 5.26 Å². The van der Waals surface area contributed by atoms with Gasteiger partial charge in [0, 0.05) is 19.7 Å². The van der Waals surface area contributed by atoms with Gasteiger partial charge in [-0.15, -0.1) is 0 Å². The maximum Gasteiger partial charge on any atom is 0.336 e. The molecule has 1 saturated heterocycles. The van der Waals surface area contributed by atoms with E-state index in [1.807, 2.05) is 12.1 Å². The Morgan fingerprint density at radius 2 is 2.15 bits per heavy atom. The summed E-state index contributed by atoms with van der Waals surface area (Å²) in [6.07, 6.45) is 2.10. The Balaban J connectivity index is 1.97. The molecule has 0 saturated carbocycles. The number of fused-ring (bicyclic) bond motifs is 2.